The number of carbonyl (C=O) groups is 1. The number of nitrogen functional groups attached to an aromatic ring is 1. The molecule has 9 nitrogen and oxygen atoms in total. The Balaban J connectivity index is 1.43. The molecule has 34 heavy (non-hydrogen) atoms. The molecular formula is C25H27N7O2. The van der Waals surface area contributed by atoms with E-state index < -0.39 is 5.41 Å². The number of carbonyl (C=O) groups excluding carboxylic acids is 1. The van der Waals surface area contributed by atoms with Crippen molar-refractivity contribution in [2.24, 2.45) is 0 Å². The molecule has 0 bridgehead atoms. The molecule has 1 amide bonds. The quantitative estimate of drug-likeness (QED) is 0.468. The molecule has 5 rings (SSSR count). The molecule has 3 N–H and O–H groups in total. The molecule has 174 valence electrons. The van der Waals surface area contributed by atoms with Crippen LogP contribution in [0.5, 0.6) is 0 Å². The van der Waals surface area contributed by atoms with Gasteiger partial charge in [0.25, 0.3) is 0 Å². The van der Waals surface area contributed by atoms with Gasteiger partial charge in [-0.15, -0.1) is 0 Å². The van der Waals surface area contributed by atoms with Crippen LogP contribution in [-0.4, -0.2) is 43.9 Å². The molecule has 4 aromatic rings. The Bertz CT molecular complexity index is 1310. The van der Waals surface area contributed by atoms with Crippen LogP contribution in [0, 0.1) is 0 Å². The second-order valence-corrected chi connectivity index (χ2v) is 8.88. The third-order valence-electron chi connectivity index (χ3n) is 6.40. The summed E-state index contributed by atoms with van der Waals surface area (Å²) in [5, 5.41) is 8.41. The highest BCUT2D eigenvalue weighted by Crippen LogP contribution is 2.37. The Morgan fingerprint density at radius 1 is 1.03 bits per heavy atom. The number of aromatic nitrogens is 5. The fourth-order valence-corrected chi connectivity index (χ4v) is 4.47. The maximum atomic E-state index is 13.7. The maximum absolute atomic E-state index is 13.7. The molecule has 0 aliphatic carbocycles. The van der Waals surface area contributed by atoms with Gasteiger partial charge in [0.1, 0.15) is 0 Å². The molecule has 1 aromatic carbocycles. The fraction of sp³-hybridized carbons (Fsp3) is 0.320. The molecule has 4 heterocycles. The lowest BCUT2D eigenvalue weighted by atomic mass is 9.73. The number of pyridine rings is 1. The smallest absolute Gasteiger partial charge is 0.235 e. The molecule has 3 aromatic heterocycles. The van der Waals surface area contributed by atoms with Gasteiger partial charge in [0.15, 0.2) is 5.65 Å². The number of nitrogens with one attached hydrogen (secondary N) is 1. The zero-order valence-corrected chi connectivity index (χ0v) is 19.2. The highest BCUT2D eigenvalue weighted by atomic mass is 16.5. The highest BCUT2D eigenvalue weighted by molar-refractivity contribution is 6.00. The summed E-state index contributed by atoms with van der Waals surface area (Å²) in [6, 6.07) is 10.1. The van der Waals surface area contributed by atoms with Crippen LogP contribution in [0.3, 0.4) is 0 Å². The van der Waals surface area contributed by atoms with E-state index in [2.05, 4.69) is 39.2 Å². The van der Waals surface area contributed by atoms with E-state index >= 15 is 0 Å². The summed E-state index contributed by atoms with van der Waals surface area (Å²) in [5.74, 6) is 0.180. The number of anilines is 2. The number of hydrogen-bond acceptors (Lipinski definition) is 7. The molecule has 0 atom stereocenters. The largest absolute Gasteiger partial charge is 0.381 e. The third kappa shape index (κ3) is 3.99. The van der Waals surface area contributed by atoms with Gasteiger partial charge >= 0.3 is 0 Å². The standard InChI is InChI=1S/C25H27N7O2/c1-16(2)32-22-18(14-30-32)11-21(15-27-22)31-23(33)25(7-9-34-10-8-25)20-5-3-17(4-6-20)19-12-28-24(26)29-13-19/h3-6,11-16H,7-10H2,1-2H3,(H,31,33)(H2,26,28,29). The van der Waals surface area contributed by atoms with Gasteiger partial charge in [-0.05, 0) is 43.9 Å². The highest BCUT2D eigenvalue weighted by Gasteiger charge is 2.41. The van der Waals surface area contributed by atoms with Gasteiger partial charge in [-0.1, -0.05) is 24.3 Å². The third-order valence-corrected chi connectivity index (χ3v) is 6.40. The number of rotatable bonds is 5. The molecule has 0 unspecified atom stereocenters. The van der Waals surface area contributed by atoms with E-state index in [1.807, 2.05) is 35.0 Å². The van der Waals surface area contributed by atoms with Crippen LogP contribution >= 0.6 is 0 Å². The number of benzene rings is 1. The molecule has 0 spiro atoms. The minimum atomic E-state index is -0.689. The number of ether oxygens (including phenoxy) is 1. The Hall–Kier alpha value is -3.85. The number of fused-ring (bicyclic) bond motifs is 1. The van der Waals surface area contributed by atoms with Crippen molar-refractivity contribution in [2.45, 2.75) is 38.1 Å². The normalized spacial score (nSPS) is 15.5. The first-order valence-corrected chi connectivity index (χ1v) is 11.4. The van der Waals surface area contributed by atoms with Gasteiger partial charge in [0.05, 0.1) is 23.5 Å². The van der Waals surface area contributed by atoms with E-state index in [4.69, 9.17) is 10.5 Å². The number of nitrogens with two attached hydrogens (primary N) is 1. The lowest BCUT2D eigenvalue weighted by Crippen LogP contribution is -2.44. The van der Waals surface area contributed by atoms with Gasteiger partial charge in [-0.25, -0.2) is 19.6 Å². The molecule has 0 radical (unpaired) electrons. The lowest BCUT2D eigenvalue weighted by Gasteiger charge is -2.36. The minimum absolute atomic E-state index is 0.0585. The van der Waals surface area contributed by atoms with Crippen LogP contribution in [0.2, 0.25) is 0 Å². The summed E-state index contributed by atoms with van der Waals surface area (Å²) in [4.78, 5) is 26.4. The van der Waals surface area contributed by atoms with Crippen LogP contribution in [0.25, 0.3) is 22.2 Å². The fourth-order valence-electron chi connectivity index (χ4n) is 4.47. The van der Waals surface area contributed by atoms with E-state index in [0.29, 0.717) is 31.7 Å². The van der Waals surface area contributed by atoms with Crippen molar-refractivity contribution in [2.75, 3.05) is 24.3 Å². The number of amides is 1. The predicted octanol–water partition coefficient (Wildman–Crippen LogP) is 3.74. The van der Waals surface area contributed by atoms with Gasteiger partial charge in [0.2, 0.25) is 11.9 Å². The average Bonchev–Trinajstić information content (AvgIpc) is 3.29. The van der Waals surface area contributed by atoms with Crippen LogP contribution < -0.4 is 11.1 Å². The summed E-state index contributed by atoms with van der Waals surface area (Å²) in [6.07, 6.45) is 8.06. The average molecular weight is 458 g/mol. The summed E-state index contributed by atoms with van der Waals surface area (Å²) < 4.78 is 7.47. The van der Waals surface area contributed by atoms with Gasteiger partial charge in [-0.3, -0.25) is 4.79 Å². The Labute approximate surface area is 197 Å². The van der Waals surface area contributed by atoms with Crippen LogP contribution in [0.15, 0.2) is 55.1 Å². The van der Waals surface area contributed by atoms with Gasteiger partial charge in [0, 0.05) is 42.6 Å². The summed E-state index contributed by atoms with van der Waals surface area (Å²) in [6.45, 7) is 5.17. The summed E-state index contributed by atoms with van der Waals surface area (Å²) >= 11 is 0. The zero-order chi connectivity index (χ0) is 23.7. The molecule has 1 aliphatic rings. The van der Waals surface area contributed by atoms with Crippen molar-refractivity contribution in [1.82, 2.24) is 24.7 Å². The molecular weight excluding hydrogens is 430 g/mol. The molecule has 1 saturated heterocycles. The lowest BCUT2D eigenvalue weighted by molar-refractivity contribution is -0.125. The van der Waals surface area contributed by atoms with Gasteiger partial charge < -0.3 is 15.8 Å². The Morgan fingerprint density at radius 2 is 1.74 bits per heavy atom. The maximum Gasteiger partial charge on any atom is 0.235 e. The van der Waals surface area contributed by atoms with Crippen LogP contribution in [0.4, 0.5) is 11.6 Å². The van der Waals surface area contributed by atoms with E-state index in [9.17, 15) is 4.79 Å². The number of hydrogen-bond donors (Lipinski definition) is 2. The Kier molecular flexibility index (Phi) is 5.70. The molecule has 1 fully saturated rings. The van der Waals surface area contributed by atoms with E-state index in [-0.39, 0.29) is 17.9 Å². The predicted molar refractivity (Wildman–Crippen MR) is 130 cm³/mol. The van der Waals surface area contributed by atoms with E-state index in [1.54, 1.807) is 24.8 Å². The van der Waals surface area contributed by atoms with Crippen LogP contribution in [-0.2, 0) is 14.9 Å². The minimum Gasteiger partial charge on any atom is -0.381 e. The van der Waals surface area contributed by atoms with Crippen molar-refractivity contribution in [3.63, 3.8) is 0 Å². The second kappa shape index (κ2) is 8.83. The molecule has 1 aliphatic heterocycles. The van der Waals surface area contributed by atoms with Crippen molar-refractivity contribution < 1.29 is 9.53 Å². The zero-order valence-electron chi connectivity index (χ0n) is 19.2. The van der Waals surface area contributed by atoms with Gasteiger partial charge in [-0.2, -0.15) is 5.10 Å². The SMILES string of the molecule is CC(C)n1ncc2cc(NC(=O)C3(c4ccc(-c5cnc(N)nc5)cc4)CCOCC3)cnc21. The monoisotopic (exact) mass is 457 g/mol. The first-order valence-electron chi connectivity index (χ1n) is 11.4. The Morgan fingerprint density at radius 3 is 2.41 bits per heavy atom. The van der Waals surface area contributed by atoms with E-state index in [1.165, 1.54) is 0 Å². The first-order chi connectivity index (χ1) is 16.5. The molecule has 9 heteroatoms. The van der Waals surface area contributed by atoms with E-state index in [0.717, 1.165) is 27.7 Å². The van der Waals surface area contributed by atoms with Crippen molar-refractivity contribution in [3.8, 4) is 11.1 Å². The molecule has 0 saturated carbocycles. The second-order valence-electron chi connectivity index (χ2n) is 8.88. The van der Waals surface area contributed by atoms with Crippen LogP contribution in [0.1, 0.15) is 38.3 Å². The summed E-state index contributed by atoms with van der Waals surface area (Å²) in [7, 11) is 0. The van der Waals surface area contributed by atoms with Crippen molar-refractivity contribution in [1.29, 1.82) is 0 Å². The number of nitrogens with zero attached hydrogens (tertiary/aromatic N) is 5. The van der Waals surface area contributed by atoms with Crippen molar-refractivity contribution in [3.05, 3.63) is 60.7 Å². The first kappa shape index (κ1) is 22.0. The summed E-state index contributed by atoms with van der Waals surface area (Å²) in [5.41, 5.74) is 9.15. The van der Waals surface area contributed by atoms with Crippen molar-refractivity contribution >= 4 is 28.6 Å². The topological polar surface area (TPSA) is 121 Å².